The highest BCUT2D eigenvalue weighted by atomic mass is 35.5. The van der Waals surface area contributed by atoms with Crippen LogP contribution in [0.2, 0.25) is 10.0 Å². The predicted octanol–water partition coefficient (Wildman–Crippen LogP) is 4.05. The third-order valence-electron chi connectivity index (χ3n) is 5.07. The number of imidazole rings is 1. The molecule has 1 atom stereocenters. The first-order valence-corrected chi connectivity index (χ1v) is 10.9. The lowest BCUT2D eigenvalue weighted by Gasteiger charge is -2.35. The first-order chi connectivity index (χ1) is 15.5. The van der Waals surface area contributed by atoms with E-state index >= 15 is 0 Å². The Morgan fingerprint density at radius 3 is 2.62 bits per heavy atom. The molecule has 0 saturated carbocycles. The number of hydrogen-bond donors (Lipinski definition) is 1. The quantitative estimate of drug-likeness (QED) is 0.243. The van der Waals surface area contributed by atoms with Crippen LogP contribution in [-0.4, -0.2) is 38.6 Å². The van der Waals surface area contributed by atoms with Gasteiger partial charge in [0.2, 0.25) is 0 Å². The summed E-state index contributed by atoms with van der Waals surface area (Å²) in [7, 11) is 0. The summed E-state index contributed by atoms with van der Waals surface area (Å²) in [6.07, 6.45) is 4.91. The highest BCUT2D eigenvalue weighted by Gasteiger charge is 2.26. The molecule has 32 heavy (non-hydrogen) atoms. The number of nitrogens with two attached hydrogens (primary N) is 1. The number of hydrogen-bond acceptors (Lipinski definition) is 6. The molecule has 1 aromatic heterocycles. The van der Waals surface area contributed by atoms with E-state index in [4.69, 9.17) is 46.0 Å². The van der Waals surface area contributed by atoms with E-state index in [9.17, 15) is 4.79 Å². The number of anilines is 1. The molecule has 0 aliphatic carbocycles. The summed E-state index contributed by atoms with van der Waals surface area (Å²) >= 11 is 17.8. The smallest absolute Gasteiger partial charge is 0.163 e. The first kappa shape index (κ1) is 22.3. The molecule has 4 rings (SSSR count). The lowest BCUT2D eigenvalue weighted by Crippen LogP contribution is -2.51. The highest BCUT2D eigenvalue weighted by Crippen LogP contribution is 2.32. The van der Waals surface area contributed by atoms with Crippen molar-refractivity contribution in [3.8, 4) is 5.75 Å². The van der Waals surface area contributed by atoms with Crippen molar-refractivity contribution in [2.75, 3.05) is 18.0 Å². The van der Waals surface area contributed by atoms with Gasteiger partial charge < -0.3 is 14.2 Å². The molecule has 7 nitrogen and oxygen atoms in total. The van der Waals surface area contributed by atoms with E-state index < -0.39 is 0 Å². The summed E-state index contributed by atoms with van der Waals surface area (Å²) in [6.45, 7) is 1.53. The number of carbonyl (C=O) groups excluding carboxylic acids is 1. The predicted molar refractivity (Wildman–Crippen MR) is 129 cm³/mol. The van der Waals surface area contributed by atoms with E-state index in [1.54, 1.807) is 29.6 Å². The Kier molecular flexibility index (Phi) is 6.79. The minimum absolute atomic E-state index is 0.244. The van der Waals surface area contributed by atoms with Gasteiger partial charge in [-0.05, 0) is 36.4 Å². The van der Waals surface area contributed by atoms with E-state index in [2.05, 4.69) is 4.98 Å². The number of rotatable bonds is 6. The highest BCUT2D eigenvalue weighted by molar-refractivity contribution is 7.80. The van der Waals surface area contributed by atoms with Gasteiger partial charge in [0, 0.05) is 40.2 Å². The van der Waals surface area contributed by atoms with Crippen LogP contribution in [0.1, 0.15) is 11.7 Å². The van der Waals surface area contributed by atoms with Gasteiger partial charge in [0.25, 0.3) is 0 Å². The van der Waals surface area contributed by atoms with E-state index in [1.807, 2.05) is 47.0 Å². The Morgan fingerprint density at radius 1 is 1.19 bits per heavy atom. The summed E-state index contributed by atoms with van der Waals surface area (Å²) in [5, 5.41) is 2.45. The van der Waals surface area contributed by atoms with Gasteiger partial charge in [0.05, 0.1) is 19.4 Å². The fourth-order valence-electron chi connectivity index (χ4n) is 3.45. The number of piperazine rings is 1. The summed E-state index contributed by atoms with van der Waals surface area (Å²) in [4.78, 5) is 17.6. The lowest BCUT2D eigenvalue weighted by molar-refractivity contribution is 0.183. The molecule has 1 aliphatic rings. The molecular formula is C22H19Cl2N5O2S. The second-order valence-electron chi connectivity index (χ2n) is 7.13. The Morgan fingerprint density at radius 2 is 1.97 bits per heavy atom. The molecule has 2 N–H and O–H groups in total. The van der Waals surface area contributed by atoms with Gasteiger partial charge in [-0.25, -0.2) is 15.6 Å². The van der Waals surface area contributed by atoms with Gasteiger partial charge in [-0.2, -0.15) is 0 Å². The van der Waals surface area contributed by atoms with Crippen molar-refractivity contribution >= 4 is 52.0 Å². The maximum Gasteiger partial charge on any atom is 0.163 e. The van der Waals surface area contributed by atoms with Gasteiger partial charge in [-0.15, -0.1) is 0 Å². The second kappa shape index (κ2) is 9.73. The Bertz CT molecular complexity index is 1160. The number of aromatic nitrogens is 2. The average Bonchev–Trinajstić information content (AvgIpc) is 3.29. The normalized spacial score (nSPS) is 15.0. The molecule has 0 amide bonds. The fraction of sp³-hybridized carbons (Fsp3) is 0.182. The molecule has 1 fully saturated rings. The monoisotopic (exact) mass is 487 g/mol. The fourth-order valence-corrected chi connectivity index (χ4v) is 4.22. The maximum atomic E-state index is 11.4. The van der Waals surface area contributed by atoms with Crippen molar-refractivity contribution in [2.45, 2.75) is 12.6 Å². The van der Waals surface area contributed by atoms with Crippen LogP contribution < -0.4 is 15.5 Å². The summed E-state index contributed by atoms with van der Waals surface area (Å²) in [6, 6.07) is 12.7. The molecule has 10 heteroatoms. The molecule has 3 aromatic rings. The average molecular weight is 488 g/mol. The van der Waals surface area contributed by atoms with Gasteiger partial charge in [0.15, 0.2) is 16.6 Å². The number of hydrazine groups is 1. The Hall–Kier alpha value is -2.87. The minimum atomic E-state index is -0.376. The van der Waals surface area contributed by atoms with Crippen LogP contribution >= 0.6 is 35.4 Å². The second-order valence-corrected chi connectivity index (χ2v) is 8.36. The number of halogens is 2. The minimum Gasteiger partial charge on any atom is -0.484 e. The molecular weight excluding hydrogens is 469 g/mol. The van der Waals surface area contributed by atoms with Crippen LogP contribution in [0.5, 0.6) is 5.75 Å². The molecule has 0 radical (unpaired) electrons. The largest absolute Gasteiger partial charge is 0.484 e. The molecule has 0 bridgehead atoms. The van der Waals surface area contributed by atoms with Crippen LogP contribution in [0.3, 0.4) is 0 Å². The maximum absolute atomic E-state index is 11.4. The topological polar surface area (TPSA) is 76.6 Å². The van der Waals surface area contributed by atoms with Crippen molar-refractivity contribution in [3.63, 3.8) is 0 Å². The van der Waals surface area contributed by atoms with Crippen molar-refractivity contribution in [1.82, 2.24) is 14.6 Å². The van der Waals surface area contributed by atoms with Gasteiger partial charge >= 0.3 is 0 Å². The van der Waals surface area contributed by atoms with Crippen molar-refractivity contribution in [1.29, 1.82) is 0 Å². The van der Waals surface area contributed by atoms with E-state index in [-0.39, 0.29) is 16.8 Å². The van der Waals surface area contributed by atoms with Crippen molar-refractivity contribution in [2.24, 2.45) is 5.84 Å². The van der Waals surface area contributed by atoms with E-state index in [0.29, 0.717) is 35.4 Å². The summed E-state index contributed by atoms with van der Waals surface area (Å²) in [5.41, 5.74) is 1.85. The first-order valence-electron chi connectivity index (χ1n) is 9.73. The van der Waals surface area contributed by atoms with Gasteiger partial charge in [0.1, 0.15) is 11.9 Å². The van der Waals surface area contributed by atoms with Crippen molar-refractivity contribution < 1.29 is 9.53 Å². The summed E-state index contributed by atoms with van der Waals surface area (Å²) < 4.78 is 8.21. The van der Waals surface area contributed by atoms with Crippen molar-refractivity contribution in [3.05, 3.63) is 82.5 Å². The zero-order chi connectivity index (χ0) is 22.7. The van der Waals surface area contributed by atoms with Crippen LogP contribution in [0.4, 0.5) is 5.69 Å². The Balaban J connectivity index is 1.58. The number of thiocarbonyl (C=S) groups is 1. The zero-order valence-corrected chi connectivity index (χ0v) is 19.1. The SMILES string of the molecule is NN1CCN(c2ccc(OC(Cn3ccnc3)c3ccc(Cl)cc3Cl)cc2)C(=C=O)C1=S. The lowest BCUT2D eigenvalue weighted by atomic mass is 10.1. The number of benzene rings is 2. The molecule has 2 aromatic carbocycles. The van der Waals surface area contributed by atoms with Crippen LogP contribution in [0, 0.1) is 0 Å². The molecule has 1 saturated heterocycles. The third kappa shape index (κ3) is 4.80. The third-order valence-corrected chi connectivity index (χ3v) is 6.06. The van der Waals surface area contributed by atoms with Gasteiger partial charge in [-0.3, -0.25) is 5.01 Å². The van der Waals surface area contributed by atoms with E-state index in [1.165, 1.54) is 5.01 Å². The van der Waals surface area contributed by atoms with Crippen LogP contribution in [-0.2, 0) is 11.3 Å². The molecule has 1 unspecified atom stereocenters. The Labute approximate surface area is 200 Å². The molecule has 0 spiro atoms. The van der Waals surface area contributed by atoms with Crippen LogP contribution in [0.15, 0.2) is 66.9 Å². The standard InChI is InChI=1S/C22H19Cl2N5O2S/c23-15-1-6-18(19(24)11-15)21(12-27-8-7-26-14-27)31-17-4-2-16(3-5-17)28-9-10-29(25)22(32)20(28)13-30/h1-8,11,14,21H,9-10,12,25H2. The molecule has 164 valence electrons. The van der Waals surface area contributed by atoms with Gasteiger partial charge in [-0.1, -0.05) is 41.5 Å². The van der Waals surface area contributed by atoms with E-state index in [0.717, 1.165) is 11.3 Å². The zero-order valence-electron chi connectivity index (χ0n) is 16.8. The van der Waals surface area contributed by atoms with Crippen LogP contribution in [0.25, 0.3) is 0 Å². The molecule has 1 aliphatic heterocycles. The number of nitrogens with zero attached hydrogens (tertiary/aromatic N) is 4. The number of ether oxygens (including phenoxy) is 1. The molecule has 2 heterocycles. The summed E-state index contributed by atoms with van der Waals surface area (Å²) in [5.74, 6) is 8.36.